The largest absolute Gasteiger partial charge is 0.352 e. The summed E-state index contributed by atoms with van der Waals surface area (Å²) in [4.78, 5) is 64.8. The quantitative estimate of drug-likeness (QED) is 0.0999. The molecule has 14 nitrogen and oxygen atoms in total. The molecule has 93 heavy (non-hydrogen) atoms. The van der Waals surface area contributed by atoms with Crippen LogP contribution in [0.25, 0.3) is 16.7 Å². The van der Waals surface area contributed by atoms with Gasteiger partial charge in [-0.3, -0.25) is 19.4 Å². The number of aromatic nitrogens is 5. The van der Waals surface area contributed by atoms with Crippen molar-refractivity contribution in [3.8, 4) is 0 Å². The molecule has 0 atom stereocenters. The predicted octanol–water partition coefficient (Wildman–Crippen LogP) is 17.1. The van der Waals surface area contributed by atoms with Crippen LogP contribution in [-0.4, -0.2) is 81.9 Å². The Morgan fingerprint density at radius 1 is 0.409 bits per heavy atom. The van der Waals surface area contributed by atoms with Gasteiger partial charge in [0.05, 0.1) is 11.8 Å². The van der Waals surface area contributed by atoms with E-state index in [9.17, 15) is 36.3 Å². The maximum Gasteiger partial charge on any atom is 0.261 e. The molecule has 3 N–H and O–H groups in total. The molecule has 3 aromatic heterocycles. The van der Waals surface area contributed by atoms with E-state index in [2.05, 4.69) is 76.3 Å². The maximum absolute atomic E-state index is 13.8. The Bertz CT molecular complexity index is 4120. The van der Waals surface area contributed by atoms with E-state index in [1.165, 1.54) is 52.1 Å². The minimum absolute atomic E-state index is 0. The average molecular weight is 1280 g/mol. The fourth-order valence-corrected chi connectivity index (χ4v) is 10.8. The van der Waals surface area contributed by atoms with Gasteiger partial charge in [0.2, 0.25) is 0 Å². The fourth-order valence-electron chi connectivity index (χ4n) is 10.6. The van der Waals surface area contributed by atoms with Crippen LogP contribution in [0.15, 0.2) is 206 Å². The van der Waals surface area contributed by atoms with Crippen LogP contribution in [0.2, 0.25) is 5.15 Å². The SMILES string of the molecule is C.C.C.CC1=C(c2ccc(NC(=O)c3c(F)cccc3F)cc2)CN(c2cnccn2)CC1.CC1=C(c2ccc(NC(=O)c3c(F)cccc3F)cc2)CN(c2nccnc2Cl)CC1.CC1=C(c2ccc(NC(=O)c3ccccc3F)cc2)CN(c2ccccn2)CC1. The van der Waals surface area contributed by atoms with Crippen LogP contribution in [0, 0.1) is 29.1 Å². The lowest BCUT2D eigenvalue weighted by atomic mass is 9.95. The number of hydrogen-bond donors (Lipinski definition) is 3. The Morgan fingerprint density at radius 2 is 0.796 bits per heavy atom. The van der Waals surface area contributed by atoms with Crippen molar-refractivity contribution in [3.63, 3.8) is 0 Å². The van der Waals surface area contributed by atoms with Crippen LogP contribution in [0.1, 0.15) is 110 Å². The standard InChI is InChI=1S/C24H22FN3O.C23H19ClF2N4O.C23H20F2N4O.3CH4/c1-17-13-15-28(23-8-4-5-14-26-23)16-21(17)18-9-11-19(12-10-18)27-24(29)20-6-2-3-7-22(20)25;1-14-9-12-30(22-21(24)27-10-11-28-22)13-17(14)15-5-7-16(8-6-15)29-23(31)20-18(25)3-2-4-19(20)26;1-15-9-12-29(21-13-26-10-11-27-21)14-18(15)16-5-7-17(8-6-16)28-23(30)22-19(24)3-2-4-20(22)25;;;/h2-12,14H,13,15-16H2,1H3,(H,27,29);2-8,10-11H,9,12-13H2,1H3,(H,29,31);2-8,10-11,13H,9,12,14H2,1H3,(H,28,30);3*1H4. The second-order valence-electron chi connectivity index (χ2n) is 21.5. The van der Waals surface area contributed by atoms with Gasteiger partial charge in [-0.1, -0.05) is 117 Å². The first-order valence-corrected chi connectivity index (χ1v) is 29.3. The van der Waals surface area contributed by atoms with E-state index in [0.717, 1.165) is 104 Å². The van der Waals surface area contributed by atoms with Gasteiger partial charge in [-0.15, -0.1) is 0 Å². The minimum atomic E-state index is -0.903. The zero-order valence-corrected chi connectivity index (χ0v) is 50.1. The van der Waals surface area contributed by atoms with Crippen molar-refractivity contribution in [1.29, 1.82) is 0 Å². The number of carbonyl (C=O) groups is 3. The average Bonchev–Trinajstić information content (AvgIpc) is 1.09. The Balaban J connectivity index is 0.000000195. The molecule has 0 fully saturated rings. The van der Waals surface area contributed by atoms with Gasteiger partial charge in [-0.2, -0.15) is 0 Å². The second-order valence-corrected chi connectivity index (χ2v) is 21.8. The molecule has 12 rings (SSSR count). The number of hydrogen-bond acceptors (Lipinski definition) is 11. The van der Waals surface area contributed by atoms with Crippen molar-refractivity contribution < 1.29 is 36.3 Å². The highest BCUT2D eigenvalue weighted by atomic mass is 35.5. The number of pyridine rings is 1. The molecule has 0 radical (unpaired) electrons. The third-order valence-corrected chi connectivity index (χ3v) is 15.9. The maximum atomic E-state index is 13.8. The molecule has 0 aliphatic carbocycles. The van der Waals surface area contributed by atoms with Gasteiger partial charge >= 0.3 is 0 Å². The first-order valence-electron chi connectivity index (χ1n) is 28.9. The van der Waals surface area contributed by atoms with Crippen LogP contribution in [0.4, 0.5) is 56.5 Å². The van der Waals surface area contributed by atoms with Gasteiger partial charge in [0.1, 0.15) is 51.8 Å². The number of amides is 3. The Hall–Kier alpha value is -10.4. The summed E-state index contributed by atoms with van der Waals surface area (Å²) in [6.07, 6.45) is 12.8. The van der Waals surface area contributed by atoms with Crippen molar-refractivity contribution in [1.82, 2.24) is 24.9 Å². The number of carbonyl (C=O) groups excluding carboxylic acids is 3. The van der Waals surface area contributed by atoms with Gasteiger partial charge in [-0.05, 0) is 158 Å². The van der Waals surface area contributed by atoms with Crippen LogP contribution in [0.3, 0.4) is 0 Å². The highest BCUT2D eigenvalue weighted by Gasteiger charge is 2.25. The van der Waals surface area contributed by atoms with Crippen molar-refractivity contribution >= 4 is 80.6 Å². The molecule has 0 spiro atoms. The topological polar surface area (TPSA) is 161 Å². The summed E-state index contributed by atoms with van der Waals surface area (Å²) in [5.41, 5.74) is 11.0. The molecule has 3 amide bonds. The highest BCUT2D eigenvalue weighted by Crippen LogP contribution is 2.34. The Kier molecular flexibility index (Phi) is 24.5. The molecule has 6 heterocycles. The van der Waals surface area contributed by atoms with Crippen molar-refractivity contribution in [2.24, 2.45) is 0 Å². The van der Waals surface area contributed by atoms with Crippen LogP contribution < -0.4 is 30.7 Å². The van der Waals surface area contributed by atoms with Gasteiger partial charge in [0, 0.05) is 87.3 Å². The minimum Gasteiger partial charge on any atom is -0.352 e. The van der Waals surface area contributed by atoms with Crippen LogP contribution >= 0.6 is 11.6 Å². The number of nitrogens with zero attached hydrogens (tertiary/aromatic N) is 8. The summed E-state index contributed by atoms with van der Waals surface area (Å²) < 4.78 is 69.1. The summed E-state index contributed by atoms with van der Waals surface area (Å²) in [7, 11) is 0. The van der Waals surface area contributed by atoms with E-state index < -0.39 is 57.9 Å². The normalized spacial score (nSPS) is 13.6. The van der Waals surface area contributed by atoms with Crippen LogP contribution in [0.5, 0.6) is 0 Å². The third-order valence-electron chi connectivity index (χ3n) is 15.6. The third kappa shape index (κ3) is 17.4. The molecule has 0 bridgehead atoms. The zero-order chi connectivity index (χ0) is 63.3. The molecular weight excluding hydrogens is 1210 g/mol. The van der Waals surface area contributed by atoms with Gasteiger partial charge in [-0.25, -0.2) is 41.9 Å². The van der Waals surface area contributed by atoms with E-state index in [-0.39, 0.29) is 27.8 Å². The lowest BCUT2D eigenvalue weighted by Gasteiger charge is -2.31. The van der Waals surface area contributed by atoms with Crippen molar-refractivity contribution in [2.75, 3.05) is 69.9 Å². The summed E-state index contributed by atoms with van der Waals surface area (Å²) >= 11 is 6.20. The molecule has 480 valence electrons. The van der Waals surface area contributed by atoms with Gasteiger partial charge in [0.15, 0.2) is 11.0 Å². The molecule has 0 saturated carbocycles. The predicted molar refractivity (Wildman–Crippen MR) is 364 cm³/mol. The molecular formula is C73H73ClF5N11O3. The van der Waals surface area contributed by atoms with E-state index in [0.29, 0.717) is 41.1 Å². The van der Waals surface area contributed by atoms with E-state index in [4.69, 9.17) is 11.6 Å². The Labute approximate surface area is 544 Å². The Morgan fingerprint density at radius 3 is 1.23 bits per heavy atom. The van der Waals surface area contributed by atoms with Gasteiger partial charge < -0.3 is 30.7 Å². The van der Waals surface area contributed by atoms with E-state index in [1.807, 2.05) is 72.9 Å². The van der Waals surface area contributed by atoms with E-state index >= 15 is 0 Å². The molecule has 6 aromatic carbocycles. The summed E-state index contributed by atoms with van der Waals surface area (Å²) in [6, 6.07) is 40.7. The molecule has 9 aromatic rings. The lowest BCUT2D eigenvalue weighted by Crippen LogP contribution is -2.31. The number of benzene rings is 6. The smallest absolute Gasteiger partial charge is 0.261 e. The number of anilines is 6. The first-order chi connectivity index (χ1) is 43.6. The molecule has 3 aliphatic heterocycles. The molecule has 0 saturated heterocycles. The van der Waals surface area contributed by atoms with Crippen molar-refractivity contribution in [3.05, 3.63) is 273 Å². The zero-order valence-electron chi connectivity index (χ0n) is 49.3. The highest BCUT2D eigenvalue weighted by molar-refractivity contribution is 6.31. The number of nitrogens with one attached hydrogen (secondary N) is 3. The summed E-state index contributed by atoms with van der Waals surface area (Å²) in [5, 5.41) is 8.21. The monoisotopic (exact) mass is 1280 g/mol. The van der Waals surface area contributed by atoms with Gasteiger partial charge in [0.25, 0.3) is 17.7 Å². The number of halogens is 6. The first kappa shape index (κ1) is 70.1. The second kappa shape index (κ2) is 32.6. The summed E-state index contributed by atoms with van der Waals surface area (Å²) in [6.45, 7) is 11.1. The number of rotatable bonds is 12. The molecule has 0 unspecified atom stereocenters. The molecule has 20 heteroatoms. The van der Waals surface area contributed by atoms with Crippen molar-refractivity contribution in [2.45, 2.75) is 62.3 Å². The molecule has 3 aliphatic rings. The lowest BCUT2D eigenvalue weighted by molar-refractivity contribution is 0.101. The van der Waals surface area contributed by atoms with E-state index in [1.54, 1.807) is 67.4 Å². The van der Waals surface area contributed by atoms with Crippen LogP contribution in [-0.2, 0) is 0 Å². The fraction of sp³-hybridized carbons (Fsp3) is 0.205. The summed E-state index contributed by atoms with van der Waals surface area (Å²) in [5.74, 6) is -3.77.